The number of rotatable bonds is 6. The highest BCUT2D eigenvalue weighted by Crippen LogP contribution is 2.14. The van der Waals surface area contributed by atoms with Gasteiger partial charge in [-0.25, -0.2) is 4.39 Å². The van der Waals surface area contributed by atoms with E-state index in [1.165, 1.54) is 6.07 Å². The molecule has 3 nitrogen and oxygen atoms in total. The Morgan fingerprint density at radius 3 is 2.93 bits per heavy atom. The van der Waals surface area contributed by atoms with E-state index >= 15 is 0 Å². The summed E-state index contributed by atoms with van der Waals surface area (Å²) in [4.78, 5) is 4.03. The summed E-state index contributed by atoms with van der Waals surface area (Å²) in [5.41, 5.74) is 0.424. The smallest absolute Gasteiger partial charge is 0.146 e. The van der Waals surface area contributed by atoms with Crippen LogP contribution in [0.15, 0.2) is 18.3 Å². The summed E-state index contributed by atoms with van der Waals surface area (Å²) in [6.45, 7) is 5.71. The Morgan fingerprint density at radius 1 is 1.53 bits per heavy atom. The molecule has 0 aliphatic carbocycles. The highest BCUT2D eigenvalue weighted by molar-refractivity contribution is 5.11. The standard InChI is InChI=1S/C11H17FN2O/c1-3-13-10(8-15-4-2)11-9(12)6-5-7-14-11/h5-7,10,13H,3-4,8H2,1-2H3. The molecule has 0 fully saturated rings. The van der Waals surface area contributed by atoms with Crippen molar-refractivity contribution < 1.29 is 9.13 Å². The van der Waals surface area contributed by atoms with Gasteiger partial charge in [-0.2, -0.15) is 0 Å². The molecule has 0 aliphatic rings. The Hall–Kier alpha value is -1.00. The van der Waals surface area contributed by atoms with Crippen LogP contribution in [-0.2, 0) is 4.74 Å². The Labute approximate surface area is 89.7 Å². The van der Waals surface area contributed by atoms with Crippen molar-refractivity contribution >= 4 is 0 Å². The van der Waals surface area contributed by atoms with Crippen LogP contribution in [0.25, 0.3) is 0 Å². The third-order valence-corrected chi connectivity index (χ3v) is 2.06. The molecule has 1 rings (SSSR count). The molecule has 1 N–H and O–H groups in total. The number of aromatic nitrogens is 1. The van der Waals surface area contributed by atoms with E-state index in [4.69, 9.17) is 4.74 Å². The molecule has 1 unspecified atom stereocenters. The molecule has 0 saturated heterocycles. The molecule has 1 aromatic rings. The van der Waals surface area contributed by atoms with E-state index in [0.29, 0.717) is 18.9 Å². The largest absolute Gasteiger partial charge is 0.380 e. The molecule has 1 atom stereocenters. The molecule has 0 amide bonds. The first kappa shape index (κ1) is 12.1. The molecule has 0 spiro atoms. The maximum absolute atomic E-state index is 13.4. The molecule has 84 valence electrons. The minimum atomic E-state index is -0.289. The quantitative estimate of drug-likeness (QED) is 0.782. The minimum absolute atomic E-state index is 0.170. The summed E-state index contributed by atoms with van der Waals surface area (Å²) in [5.74, 6) is -0.289. The Bertz CT molecular complexity index is 294. The zero-order chi connectivity index (χ0) is 11.1. The third-order valence-electron chi connectivity index (χ3n) is 2.06. The summed E-state index contributed by atoms with van der Waals surface area (Å²) >= 11 is 0. The highest BCUT2D eigenvalue weighted by Gasteiger charge is 2.15. The number of ether oxygens (including phenoxy) is 1. The molecule has 4 heteroatoms. The van der Waals surface area contributed by atoms with Crippen LogP contribution in [0.1, 0.15) is 25.6 Å². The summed E-state index contributed by atoms with van der Waals surface area (Å²) in [7, 11) is 0. The van der Waals surface area contributed by atoms with Crippen molar-refractivity contribution in [3.63, 3.8) is 0 Å². The molecule has 0 aliphatic heterocycles. The molecule has 0 bridgehead atoms. The fraction of sp³-hybridized carbons (Fsp3) is 0.545. The zero-order valence-corrected chi connectivity index (χ0v) is 9.16. The van der Waals surface area contributed by atoms with E-state index in [1.807, 2.05) is 13.8 Å². The van der Waals surface area contributed by atoms with Gasteiger partial charge in [0, 0.05) is 12.8 Å². The predicted molar refractivity (Wildman–Crippen MR) is 57.1 cm³/mol. The summed E-state index contributed by atoms with van der Waals surface area (Å²) in [6.07, 6.45) is 1.59. The molecule has 0 radical (unpaired) electrons. The van der Waals surface area contributed by atoms with Gasteiger partial charge in [0.2, 0.25) is 0 Å². The monoisotopic (exact) mass is 212 g/mol. The van der Waals surface area contributed by atoms with Crippen LogP contribution >= 0.6 is 0 Å². The first-order valence-corrected chi connectivity index (χ1v) is 5.21. The third kappa shape index (κ3) is 3.57. The van der Waals surface area contributed by atoms with E-state index in [0.717, 1.165) is 6.54 Å². The number of nitrogens with zero attached hydrogens (tertiary/aromatic N) is 1. The van der Waals surface area contributed by atoms with Crippen molar-refractivity contribution in [3.8, 4) is 0 Å². The lowest BCUT2D eigenvalue weighted by atomic mass is 10.2. The number of likely N-dealkylation sites (N-methyl/N-ethyl adjacent to an activating group) is 1. The lowest BCUT2D eigenvalue weighted by Crippen LogP contribution is -2.27. The normalized spacial score (nSPS) is 12.7. The minimum Gasteiger partial charge on any atom is -0.380 e. The second kappa shape index (κ2) is 6.48. The Kier molecular flexibility index (Phi) is 5.21. The molecular formula is C11H17FN2O. The average Bonchev–Trinajstić information content (AvgIpc) is 2.25. The first-order chi connectivity index (χ1) is 7.29. The van der Waals surface area contributed by atoms with E-state index in [9.17, 15) is 4.39 Å². The van der Waals surface area contributed by atoms with Crippen molar-refractivity contribution in [1.82, 2.24) is 10.3 Å². The van der Waals surface area contributed by atoms with E-state index < -0.39 is 0 Å². The first-order valence-electron chi connectivity index (χ1n) is 5.21. The van der Waals surface area contributed by atoms with Gasteiger partial charge < -0.3 is 10.1 Å². The topological polar surface area (TPSA) is 34.1 Å². The van der Waals surface area contributed by atoms with Gasteiger partial charge in [0.1, 0.15) is 5.82 Å². The van der Waals surface area contributed by atoms with Gasteiger partial charge in [-0.1, -0.05) is 6.92 Å². The van der Waals surface area contributed by atoms with Crippen LogP contribution in [0.4, 0.5) is 4.39 Å². The van der Waals surface area contributed by atoms with Crippen LogP contribution in [-0.4, -0.2) is 24.7 Å². The second-order valence-corrected chi connectivity index (χ2v) is 3.14. The summed E-state index contributed by atoms with van der Waals surface area (Å²) in [5, 5.41) is 3.15. The molecule has 0 saturated carbocycles. The lowest BCUT2D eigenvalue weighted by Gasteiger charge is -2.17. The van der Waals surface area contributed by atoms with Crippen molar-refractivity contribution in [2.75, 3.05) is 19.8 Å². The maximum Gasteiger partial charge on any atom is 0.146 e. The average molecular weight is 212 g/mol. The van der Waals surface area contributed by atoms with Gasteiger partial charge in [0.05, 0.1) is 18.3 Å². The predicted octanol–water partition coefficient (Wildman–Crippen LogP) is 1.91. The van der Waals surface area contributed by atoms with Crippen LogP contribution < -0.4 is 5.32 Å². The van der Waals surface area contributed by atoms with Crippen LogP contribution in [0.2, 0.25) is 0 Å². The van der Waals surface area contributed by atoms with Crippen molar-refractivity contribution in [2.45, 2.75) is 19.9 Å². The van der Waals surface area contributed by atoms with Gasteiger partial charge in [0.15, 0.2) is 0 Å². The molecule has 0 aromatic carbocycles. The Balaban J connectivity index is 2.74. The number of halogens is 1. The van der Waals surface area contributed by atoms with E-state index in [2.05, 4.69) is 10.3 Å². The van der Waals surface area contributed by atoms with Gasteiger partial charge >= 0.3 is 0 Å². The maximum atomic E-state index is 13.4. The fourth-order valence-electron chi connectivity index (χ4n) is 1.37. The zero-order valence-electron chi connectivity index (χ0n) is 9.16. The van der Waals surface area contributed by atoms with Crippen molar-refractivity contribution in [1.29, 1.82) is 0 Å². The van der Waals surface area contributed by atoms with Gasteiger partial charge in [0.25, 0.3) is 0 Å². The van der Waals surface area contributed by atoms with Gasteiger partial charge in [-0.15, -0.1) is 0 Å². The number of nitrogens with one attached hydrogen (secondary N) is 1. The van der Waals surface area contributed by atoms with Crippen LogP contribution in [0.3, 0.4) is 0 Å². The molecular weight excluding hydrogens is 195 g/mol. The molecule has 1 aromatic heterocycles. The van der Waals surface area contributed by atoms with Crippen LogP contribution in [0.5, 0.6) is 0 Å². The van der Waals surface area contributed by atoms with Crippen LogP contribution in [0, 0.1) is 5.82 Å². The van der Waals surface area contributed by atoms with Crippen molar-refractivity contribution in [2.24, 2.45) is 0 Å². The highest BCUT2D eigenvalue weighted by atomic mass is 19.1. The summed E-state index contributed by atoms with van der Waals surface area (Å²) in [6, 6.07) is 2.83. The van der Waals surface area contributed by atoms with E-state index in [1.54, 1.807) is 12.3 Å². The number of hydrogen-bond acceptors (Lipinski definition) is 3. The SMILES string of the molecule is CCNC(COCC)c1ncccc1F. The van der Waals surface area contributed by atoms with Crippen molar-refractivity contribution in [3.05, 3.63) is 29.8 Å². The summed E-state index contributed by atoms with van der Waals surface area (Å²) < 4.78 is 18.7. The number of pyridine rings is 1. The number of hydrogen-bond donors (Lipinski definition) is 1. The molecule has 1 heterocycles. The lowest BCUT2D eigenvalue weighted by molar-refractivity contribution is 0.121. The van der Waals surface area contributed by atoms with Gasteiger partial charge in [-0.05, 0) is 25.6 Å². The fourth-order valence-corrected chi connectivity index (χ4v) is 1.37. The van der Waals surface area contributed by atoms with Gasteiger partial charge in [-0.3, -0.25) is 4.98 Å². The van der Waals surface area contributed by atoms with E-state index in [-0.39, 0.29) is 11.9 Å². The second-order valence-electron chi connectivity index (χ2n) is 3.14. The Morgan fingerprint density at radius 2 is 2.33 bits per heavy atom. The molecule has 15 heavy (non-hydrogen) atoms.